The van der Waals surface area contributed by atoms with Crippen LogP contribution in [0.25, 0.3) is 0 Å². The molecule has 0 radical (unpaired) electrons. The Bertz CT molecular complexity index is 315. The van der Waals surface area contributed by atoms with E-state index in [0.29, 0.717) is 0 Å². The topological polar surface area (TPSA) is 52.6 Å². The molecular weight excluding hydrogens is 184 g/mol. The van der Waals surface area contributed by atoms with Crippen LogP contribution in [0.3, 0.4) is 0 Å². The van der Waals surface area contributed by atoms with Gasteiger partial charge in [-0.25, -0.2) is 0 Å². The van der Waals surface area contributed by atoms with Crippen LogP contribution in [0, 0.1) is 0 Å². The van der Waals surface area contributed by atoms with Gasteiger partial charge in [0.1, 0.15) is 5.75 Å². The summed E-state index contributed by atoms with van der Waals surface area (Å²) in [5.41, 5.74) is 0.776. The van der Waals surface area contributed by atoms with E-state index in [1.54, 1.807) is 31.4 Å². The van der Waals surface area contributed by atoms with E-state index in [1.807, 2.05) is 0 Å². The third kappa shape index (κ3) is 2.90. The molecule has 0 aliphatic rings. The Morgan fingerprint density at radius 3 is 2.50 bits per heavy atom. The number of ether oxygens (including phenoxy) is 2. The quantitative estimate of drug-likeness (QED) is 0.406. The van der Waals surface area contributed by atoms with Crippen LogP contribution >= 0.6 is 0 Å². The highest BCUT2D eigenvalue weighted by molar-refractivity contribution is 5.78. The highest BCUT2D eigenvalue weighted by Gasteiger charge is 2.03. The van der Waals surface area contributed by atoms with E-state index in [2.05, 4.69) is 4.74 Å². The third-order valence-electron chi connectivity index (χ3n) is 1.69. The smallest absolute Gasteiger partial charge is 0.317 e. The summed E-state index contributed by atoms with van der Waals surface area (Å²) in [7, 11) is 1.57. The molecule has 0 fully saturated rings. The predicted octanol–water partition coefficient (Wildman–Crippen LogP) is 0.937. The van der Waals surface area contributed by atoms with Crippen LogP contribution in [0.2, 0.25) is 0 Å². The van der Waals surface area contributed by atoms with Crippen LogP contribution in [-0.4, -0.2) is 19.6 Å². The van der Waals surface area contributed by atoms with Crippen LogP contribution in [-0.2, 0) is 20.7 Å². The van der Waals surface area contributed by atoms with Gasteiger partial charge in [0.25, 0.3) is 0 Å². The van der Waals surface area contributed by atoms with Gasteiger partial charge < -0.3 is 9.47 Å². The largest absolute Gasteiger partial charge is 0.497 e. The summed E-state index contributed by atoms with van der Waals surface area (Å²) in [6.07, 6.45) is 0.0860. The van der Waals surface area contributed by atoms with E-state index >= 15 is 0 Å². The van der Waals surface area contributed by atoms with Crippen molar-refractivity contribution < 1.29 is 19.1 Å². The maximum Gasteiger partial charge on any atom is 0.317 e. The van der Waals surface area contributed by atoms with Crippen LogP contribution in [0.1, 0.15) is 5.56 Å². The minimum atomic E-state index is -0.565. The van der Waals surface area contributed by atoms with E-state index in [9.17, 15) is 9.59 Å². The molecular formula is C10H10O4. The lowest BCUT2D eigenvalue weighted by molar-refractivity contribution is -0.150. The van der Waals surface area contributed by atoms with Crippen molar-refractivity contribution in [3.8, 4) is 5.75 Å². The molecule has 0 N–H and O–H groups in total. The number of carbonyl (C=O) groups is 2. The summed E-state index contributed by atoms with van der Waals surface area (Å²) in [4.78, 5) is 20.7. The van der Waals surface area contributed by atoms with Crippen molar-refractivity contribution in [2.45, 2.75) is 6.42 Å². The highest BCUT2D eigenvalue weighted by atomic mass is 16.6. The molecule has 0 saturated carbocycles. The Morgan fingerprint density at radius 2 is 2.00 bits per heavy atom. The second-order valence-electron chi connectivity index (χ2n) is 2.61. The van der Waals surface area contributed by atoms with Crippen molar-refractivity contribution in [1.29, 1.82) is 0 Å². The first-order valence-electron chi connectivity index (χ1n) is 4.02. The minimum absolute atomic E-state index is 0.0860. The summed E-state index contributed by atoms with van der Waals surface area (Å²) in [5, 5.41) is 0. The lowest BCUT2D eigenvalue weighted by atomic mass is 10.1. The number of carbonyl (C=O) groups excluding carboxylic acids is 2. The van der Waals surface area contributed by atoms with Crippen LogP contribution < -0.4 is 4.74 Å². The fraction of sp³-hybridized carbons (Fsp3) is 0.200. The van der Waals surface area contributed by atoms with Crippen molar-refractivity contribution >= 4 is 12.4 Å². The standard InChI is InChI=1S/C10H10O4/c1-13-9-4-2-8(3-5-9)6-10(12)14-7-11/h2-5,7H,6H2,1H3. The van der Waals surface area contributed by atoms with Gasteiger partial charge in [0.05, 0.1) is 13.5 Å². The summed E-state index contributed by atoms with van der Waals surface area (Å²) >= 11 is 0. The molecule has 0 aromatic heterocycles. The molecule has 1 aromatic carbocycles. The molecule has 4 nitrogen and oxygen atoms in total. The summed E-state index contributed by atoms with van der Waals surface area (Å²) in [5.74, 6) is 0.155. The zero-order chi connectivity index (χ0) is 10.4. The molecule has 14 heavy (non-hydrogen) atoms. The number of methoxy groups -OCH3 is 1. The van der Waals surface area contributed by atoms with Gasteiger partial charge in [-0.15, -0.1) is 0 Å². The molecule has 4 heteroatoms. The lowest BCUT2D eigenvalue weighted by Crippen LogP contribution is -2.06. The third-order valence-corrected chi connectivity index (χ3v) is 1.69. The molecule has 0 spiro atoms. The van der Waals surface area contributed by atoms with Gasteiger partial charge in [-0.1, -0.05) is 12.1 Å². The minimum Gasteiger partial charge on any atom is -0.497 e. The van der Waals surface area contributed by atoms with E-state index in [-0.39, 0.29) is 12.9 Å². The fourth-order valence-electron chi connectivity index (χ4n) is 1.01. The molecule has 1 aromatic rings. The van der Waals surface area contributed by atoms with Crippen LogP contribution in [0.15, 0.2) is 24.3 Å². The summed E-state index contributed by atoms with van der Waals surface area (Å²) in [6, 6.07) is 6.96. The second kappa shape index (κ2) is 5.01. The van der Waals surface area contributed by atoms with Crippen LogP contribution in [0.5, 0.6) is 5.75 Å². The van der Waals surface area contributed by atoms with Gasteiger partial charge >= 0.3 is 12.4 Å². The Morgan fingerprint density at radius 1 is 1.36 bits per heavy atom. The van der Waals surface area contributed by atoms with Crippen molar-refractivity contribution in [3.05, 3.63) is 29.8 Å². The van der Waals surface area contributed by atoms with E-state index < -0.39 is 5.97 Å². The first kappa shape index (κ1) is 10.2. The number of rotatable bonds is 4. The molecule has 0 heterocycles. The molecule has 74 valence electrons. The zero-order valence-electron chi connectivity index (χ0n) is 7.73. The van der Waals surface area contributed by atoms with E-state index in [4.69, 9.17) is 4.74 Å². The van der Waals surface area contributed by atoms with Gasteiger partial charge in [0, 0.05) is 0 Å². The van der Waals surface area contributed by atoms with Crippen molar-refractivity contribution in [3.63, 3.8) is 0 Å². The Kier molecular flexibility index (Phi) is 3.67. The fourth-order valence-corrected chi connectivity index (χ4v) is 1.01. The molecule has 1 rings (SSSR count). The SMILES string of the molecule is COc1ccc(CC(=O)OC=O)cc1. The molecule has 0 aliphatic carbocycles. The highest BCUT2D eigenvalue weighted by Crippen LogP contribution is 2.11. The summed E-state index contributed by atoms with van der Waals surface area (Å²) in [6.45, 7) is 0.131. The Labute approximate surface area is 81.4 Å². The van der Waals surface area contributed by atoms with Crippen molar-refractivity contribution in [2.24, 2.45) is 0 Å². The van der Waals surface area contributed by atoms with Gasteiger partial charge in [0.2, 0.25) is 0 Å². The lowest BCUT2D eigenvalue weighted by Gasteiger charge is -2.01. The molecule has 0 saturated heterocycles. The van der Waals surface area contributed by atoms with Crippen LogP contribution in [0.4, 0.5) is 0 Å². The molecule has 0 bridgehead atoms. The summed E-state index contributed by atoms with van der Waals surface area (Å²) < 4.78 is 9.10. The maximum absolute atomic E-state index is 10.9. The van der Waals surface area contributed by atoms with Crippen molar-refractivity contribution in [2.75, 3.05) is 7.11 Å². The van der Waals surface area contributed by atoms with Gasteiger partial charge in [-0.05, 0) is 17.7 Å². The van der Waals surface area contributed by atoms with E-state index in [0.717, 1.165) is 11.3 Å². The number of benzene rings is 1. The van der Waals surface area contributed by atoms with E-state index in [1.165, 1.54) is 0 Å². The molecule has 0 unspecified atom stereocenters. The molecule has 0 amide bonds. The second-order valence-corrected chi connectivity index (χ2v) is 2.61. The molecule has 0 aliphatic heterocycles. The number of hydrogen-bond acceptors (Lipinski definition) is 4. The first-order valence-corrected chi connectivity index (χ1v) is 4.02. The number of hydrogen-bond donors (Lipinski definition) is 0. The number of esters is 1. The zero-order valence-corrected chi connectivity index (χ0v) is 7.73. The average molecular weight is 194 g/mol. The van der Waals surface area contributed by atoms with Gasteiger partial charge in [-0.2, -0.15) is 0 Å². The molecule has 0 atom stereocenters. The normalized spacial score (nSPS) is 9.21. The monoisotopic (exact) mass is 194 g/mol. The Hall–Kier alpha value is -1.84. The predicted molar refractivity (Wildman–Crippen MR) is 48.9 cm³/mol. The average Bonchev–Trinajstić information content (AvgIpc) is 2.19. The first-order chi connectivity index (χ1) is 6.76. The Balaban J connectivity index is 2.59. The maximum atomic E-state index is 10.9. The van der Waals surface area contributed by atoms with Gasteiger partial charge in [-0.3, -0.25) is 9.59 Å². The van der Waals surface area contributed by atoms with Gasteiger partial charge in [0.15, 0.2) is 0 Å². The van der Waals surface area contributed by atoms with Crippen molar-refractivity contribution in [1.82, 2.24) is 0 Å².